The number of rotatable bonds is 5. The van der Waals surface area contributed by atoms with Gasteiger partial charge in [-0.25, -0.2) is 4.98 Å². The minimum absolute atomic E-state index is 0.247. The lowest BCUT2D eigenvalue weighted by Gasteiger charge is -2.15. The Bertz CT molecular complexity index is 1230. The molecule has 0 radical (unpaired) electrons. The number of aromatic nitrogens is 2. The van der Waals surface area contributed by atoms with Crippen molar-refractivity contribution >= 4 is 23.8 Å². The van der Waals surface area contributed by atoms with Gasteiger partial charge in [-0.15, -0.1) is 0 Å². The molecule has 0 atom stereocenters. The number of nitrogens with zero attached hydrogens (tertiary/aromatic N) is 2. The van der Waals surface area contributed by atoms with E-state index in [2.05, 4.69) is 4.98 Å². The van der Waals surface area contributed by atoms with E-state index < -0.39 is 0 Å². The summed E-state index contributed by atoms with van der Waals surface area (Å²) in [6.07, 6.45) is 3.54. The molecule has 0 N–H and O–H groups in total. The smallest absolute Gasteiger partial charge is 0.281 e. The van der Waals surface area contributed by atoms with E-state index in [4.69, 9.17) is 16.3 Å². The summed E-state index contributed by atoms with van der Waals surface area (Å²) in [4.78, 5) is 17.8. The molecule has 5 heteroatoms. The van der Waals surface area contributed by atoms with Crippen LogP contribution in [0.15, 0.2) is 89.7 Å². The van der Waals surface area contributed by atoms with Crippen LogP contribution in [0.1, 0.15) is 11.3 Å². The quantitative estimate of drug-likeness (QED) is 0.418. The van der Waals surface area contributed by atoms with E-state index in [1.54, 1.807) is 17.8 Å². The molecule has 4 nitrogen and oxygen atoms in total. The summed E-state index contributed by atoms with van der Waals surface area (Å²) in [6, 6.07) is 26.5. The van der Waals surface area contributed by atoms with Crippen molar-refractivity contribution in [3.8, 4) is 22.7 Å². The fourth-order valence-corrected chi connectivity index (χ4v) is 3.47. The zero-order chi connectivity index (χ0) is 20.9. The van der Waals surface area contributed by atoms with Crippen molar-refractivity contribution in [1.29, 1.82) is 0 Å². The first kappa shape index (κ1) is 19.7. The summed E-state index contributed by atoms with van der Waals surface area (Å²) in [7, 11) is 1.61. The van der Waals surface area contributed by atoms with Crippen molar-refractivity contribution in [1.82, 2.24) is 9.55 Å². The number of hydrogen-bond donors (Lipinski definition) is 0. The summed E-state index contributed by atoms with van der Waals surface area (Å²) < 4.78 is 6.84. The van der Waals surface area contributed by atoms with E-state index in [-0.39, 0.29) is 16.4 Å². The van der Waals surface area contributed by atoms with E-state index in [1.807, 2.05) is 91.0 Å². The van der Waals surface area contributed by atoms with E-state index in [9.17, 15) is 4.79 Å². The first-order valence-corrected chi connectivity index (χ1v) is 9.80. The SMILES string of the molecule is COc1ccc(-c2c(Cl)nc(/C=C/c3ccccc3)c(=O)n2-c2ccccc2)cc1. The van der Waals surface area contributed by atoms with E-state index >= 15 is 0 Å². The van der Waals surface area contributed by atoms with E-state index in [1.165, 1.54) is 0 Å². The standard InChI is InChI=1S/C25H19ClN2O2/c1-30-21-15-13-19(14-16-21)23-24(26)27-22(17-12-18-8-4-2-5-9-18)25(29)28(23)20-10-6-3-7-11-20/h2-17H,1H3/b17-12+. The average molecular weight is 415 g/mol. The molecule has 148 valence electrons. The molecule has 0 fully saturated rings. The summed E-state index contributed by atoms with van der Waals surface area (Å²) in [6.45, 7) is 0. The van der Waals surface area contributed by atoms with Gasteiger partial charge in [-0.1, -0.05) is 66.2 Å². The lowest BCUT2D eigenvalue weighted by atomic mass is 10.1. The summed E-state index contributed by atoms with van der Waals surface area (Å²) in [5, 5.41) is 0.247. The molecule has 0 aliphatic rings. The Hall–Kier alpha value is -3.63. The molecule has 0 saturated carbocycles. The monoisotopic (exact) mass is 414 g/mol. The fraction of sp³-hybridized carbons (Fsp3) is 0.0400. The Morgan fingerprint density at radius 2 is 1.50 bits per heavy atom. The number of methoxy groups -OCH3 is 1. The molecule has 0 unspecified atom stereocenters. The molecule has 3 aromatic carbocycles. The van der Waals surface area contributed by atoms with Crippen LogP contribution in [0, 0.1) is 0 Å². The van der Waals surface area contributed by atoms with Crippen LogP contribution in [0.2, 0.25) is 5.15 Å². The minimum Gasteiger partial charge on any atom is -0.497 e. The molecule has 0 bridgehead atoms. The van der Waals surface area contributed by atoms with Gasteiger partial charge in [-0.3, -0.25) is 9.36 Å². The van der Waals surface area contributed by atoms with Crippen molar-refractivity contribution in [3.63, 3.8) is 0 Å². The Morgan fingerprint density at radius 3 is 2.13 bits per heavy atom. The zero-order valence-corrected chi connectivity index (χ0v) is 17.1. The Kier molecular flexibility index (Phi) is 5.77. The van der Waals surface area contributed by atoms with Gasteiger partial charge in [0.1, 0.15) is 11.4 Å². The van der Waals surface area contributed by atoms with Gasteiger partial charge in [0.25, 0.3) is 5.56 Å². The van der Waals surface area contributed by atoms with Gasteiger partial charge in [-0.05, 0) is 48.0 Å². The van der Waals surface area contributed by atoms with Crippen molar-refractivity contribution in [2.24, 2.45) is 0 Å². The molecular weight excluding hydrogens is 396 g/mol. The van der Waals surface area contributed by atoms with Crippen LogP contribution in [0.3, 0.4) is 0 Å². The molecule has 0 saturated heterocycles. The van der Waals surface area contributed by atoms with Crippen molar-refractivity contribution in [2.45, 2.75) is 0 Å². The van der Waals surface area contributed by atoms with E-state index in [0.29, 0.717) is 11.4 Å². The first-order chi connectivity index (χ1) is 14.7. The second-order valence-electron chi connectivity index (χ2n) is 6.59. The summed E-state index contributed by atoms with van der Waals surface area (Å²) in [5.41, 5.74) is 3.01. The number of para-hydroxylation sites is 1. The average Bonchev–Trinajstić information content (AvgIpc) is 2.80. The lowest BCUT2D eigenvalue weighted by Crippen LogP contribution is -2.24. The number of hydrogen-bond acceptors (Lipinski definition) is 3. The van der Waals surface area contributed by atoms with Crippen molar-refractivity contribution in [3.05, 3.63) is 112 Å². The van der Waals surface area contributed by atoms with Crippen molar-refractivity contribution < 1.29 is 4.74 Å². The highest BCUT2D eigenvalue weighted by Crippen LogP contribution is 2.29. The van der Waals surface area contributed by atoms with Crippen LogP contribution in [-0.2, 0) is 0 Å². The highest BCUT2D eigenvalue weighted by atomic mass is 35.5. The number of halogens is 1. The second-order valence-corrected chi connectivity index (χ2v) is 6.94. The zero-order valence-electron chi connectivity index (χ0n) is 16.3. The molecule has 1 heterocycles. The van der Waals surface area contributed by atoms with Crippen molar-refractivity contribution in [2.75, 3.05) is 7.11 Å². The number of benzene rings is 3. The summed E-state index contributed by atoms with van der Waals surface area (Å²) in [5.74, 6) is 0.721. The molecule has 0 aliphatic carbocycles. The molecular formula is C25H19ClN2O2. The van der Waals surface area contributed by atoms with Crippen LogP contribution in [0.4, 0.5) is 0 Å². The Morgan fingerprint density at radius 1 is 0.867 bits per heavy atom. The number of ether oxygens (including phenoxy) is 1. The molecule has 0 amide bonds. The van der Waals surface area contributed by atoms with Gasteiger partial charge < -0.3 is 4.74 Å². The maximum atomic E-state index is 13.4. The Labute approximate surface area is 179 Å². The van der Waals surface area contributed by atoms with Crippen LogP contribution in [0.5, 0.6) is 5.75 Å². The van der Waals surface area contributed by atoms with Gasteiger partial charge in [0.15, 0.2) is 5.15 Å². The third kappa shape index (κ3) is 4.04. The van der Waals surface area contributed by atoms with Gasteiger partial charge in [0, 0.05) is 11.3 Å². The molecule has 30 heavy (non-hydrogen) atoms. The van der Waals surface area contributed by atoms with E-state index in [0.717, 1.165) is 16.9 Å². The molecule has 0 spiro atoms. The van der Waals surface area contributed by atoms with Crippen LogP contribution in [0.25, 0.3) is 29.1 Å². The van der Waals surface area contributed by atoms with Gasteiger partial charge in [-0.2, -0.15) is 0 Å². The van der Waals surface area contributed by atoms with Crippen LogP contribution >= 0.6 is 11.6 Å². The highest BCUT2D eigenvalue weighted by Gasteiger charge is 2.17. The molecule has 4 aromatic rings. The van der Waals surface area contributed by atoms with Crippen LogP contribution in [-0.4, -0.2) is 16.7 Å². The van der Waals surface area contributed by atoms with Crippen LogP contribution < -0.4 is 10.3 Å². The Balaban J connectivity index is 1.91. The minimum atomic E-state index is -0.247. The topological polar surface area (TPSA) is 44.1 Å². The lowest BCUT2D eigenvalue weighted by molar-refractivity contribution is 0.415. The largest absolute Gasteiger partial charge is 0.497 e. The summed E-state index contributed by atoms with van der Waals surface area (Å²) >= 11 is 6.61. The molecule has 0 aliphatic heterocycles. The normalized spacial score (nSPS) is 11.0. The predicted octanol–water partition coefficient (Wildman–Crippen LogP) is 5.73. The van der Waals surface area contributed by atoms with Gasteiger partial charge >= 0.3 is 0 Å². The molecule has 4 rings (SSSR count). The maximum Gasteiger partial charge on any atom is 0.281 e. The fourth-order valence-electron chi connectivity index (χ4n) is 3.18. The maximum absolute atomic E-state index is 13.4. The third-order valence-electron chi connectivity index (χ3n) is 4.67. The molecule has 1 aromatic heterocycles. The third-order valence-corrected chi connectivity index (χ3v) is 4.93. The first-order valence-electron chi connectivity index (χ1n) is 9.43. The second kappa shape index (κ2) is 8.80. The van der Waals surface area contributed by atoms with Gasteiger partial charge in [0.2, 0.25) is 0 Å². The predicted molar refractivity (Wildman–Crippen MR) is 122 cm³/mol. The highest BCUT2D eigenvalue weighted by molar-refractivity contribution is 6.32. The van der Waals surface area contributed by atoms with Gasteiger partial charge in [0.05, 0.1) is 12.8 Å².